The molecular formula is C30H33NO6. The fourth-order valence-electron chi connectivity index (χ4n) is 5.03. The van der Waals surface area contributed by atoms with Crippen molar-refractivity contribution in [3.63, 3.8) is 0 Å². The van der Waals surface area contributed by atoms with Crippen molar-refractivity contribution in [1.29, 1.82) is 0 Å². The summed E-state index contributed by atoms with van der Waals surface area (Å²) in [6, 6.07) is 29.7. The zero-order valence-electron chi connectivity index (χ0n) is 21.0. The number of rotatable bonds is 11. The van der Waals surface area contributed by atoms with Crippen molar-refractivity contribution in [2.24, 2.45) is 0 Å². The number of hydrogen-bond acceptors (Lipinski definition) is 7. The third-order valence-corrected chi connectivity index (χ3v) is 6.88. The molecule has 2 fully saturated rings. The van der Waals surface area contributed by atoms with E-state index < -0.39 is 6.10 Å². The van der Waals surface area contributed by atoms with E-state index in [1.54, 1.807) is 0 Å². The molecule has 0 bridgehead atoms. The minimum Gasteiger partial charge on any atom is -0.467 e. The fourth-order valence-corrected chi connectivity index (χ4v) is 5.03. The Labute approximate surface area is 217 Å². The molecule has 0 aromatic heterocycles. The Balaban J connectivity index is 1.36. The van der Waals surface area contributed by atoms with Crippen LogP contribution in [0.4, 0.5) is 0 Å². The van der Waals surface area contributed by atoms with Gasteiger partial charge in [-0.05, 0) is 16.7 Å². The highest BCUT2D eigenvalue weighted by molar-refractivity contribution is 5.74. The smallest absolute Gasteiger partial charge is 0.337 e. The Morgan fingerprint density at radius 2 is 1.30 bits per heavy atom. The number of esters is 1. The van der Waals surface area contributed by atoms with Crippen LogP contribution >= 0.6 is 0 Å². The molecule has 0 radical (unpaired) electrons. The molecule has 2 aliphatic rings. The molecule has 3 aromatic carbocycles. The predicted molar refractivity (Wildman–Crippen MR) is 137 cm³/mol. The van der Waals surface area contributed by atoms with Gasteiger partial charge in [0.2, 0.25) is 0 Å². The molecule has 0 N–H and O–H groups in total. The molecular weight excluding hydrogens is 470 g/mol. The van der Waals surface area contributed by atoms with Gasteiger partial charge < -0.3 is 18.9 Å². The van der Waals surface area contributed by atoms with Crippen LogP contribution in [-0.4, -0.2) is 55.1 Å². The summed E-state index contributed by atoms with van der Waals surface area (Å²) in [5.41, 5.74) is 3.24. The maximum Gasteiger partial charge on any atom is 0.337 e. The first-order valence-electron chi connectivity index (χ1n) is 12.7. The number of carbonyl (C=O) groups is 1. The van der Waals surface area contributed by atoms with Gasteiger partial charge in [0.05, 0.1) is 45.6 Å². The summed E-state index contributed by atoms with van der Waals surface area (Å²) < 4.78 is 24.2. The zero-order chi connectivity index (χ0) is 25.5. The van der Waals surface area contributed by atoms with E-state index >= 15 is 0 Å². The second-order valence-corrected chi connectivity index (χ2v) is 9.37. The number of hydrogen-bond donors (Lipinski definition) is 0. The van der Waals surface area contributed by atoms with Crippen LogP contribution in [0.15, 0.2) is 91.0 Å². The van der Waals surface area contributed by atoms with E-state index in [4.69, 9.17) is 23.8 Å². The monoisotopic (exact) mass is 503 g/mol. The van der Waals surface area contributed by atoms with Crippen molar-refractivity contribution >= 4 is 5.97 Å². The minimum absolute atomic E-state index is 0.168. The number of benzene rings is 3. The van der Waals surface area contributed by atoms with E-state index in [9.17, 15) is 4.79 Å². The molecule has 5 atom stereocenters. The van der Waals surface area contributed by atoms with Crippen LogP contribution in [0.2, 0.25) is 0 Å². The summed E-state index contributed by atoms with van der Waals surface area (Å²) in [5, 5.41) is 1.86. The summed E-state index contributed by atoms with van der Waals surface area (Å²) >= 11 is 0. The third-order valence-electron chi connectivity index (χ3n) is 6.88. The summed E-state index contributed by atoms with van der Waals surface area (Å²) in [5.74, 6) is -0.387. The molecule has 7 heteroatoms. The van der Waals surface area contributed by atoms with E-state index in [1.165, 1.54) is 7.11 Å². The number of methoxy groups -OCH3 is 1. The highest BCUT2D eigenvalue weighted by Crippen LogP contribution is 2.39. The summed E-state index contributed by atoms with van der Waals surface area (Å²) in [6.45, 7) is 1.70. The number of fused-ring (bicyclic) bond motifs is 1. The highest BCUT2D eigenvalue weighted by Gasteiger charge is 2.57. The molecule has 0 spiro atoms. The Morgan fingerprint density at radius 3 is 1.84 bits per heavy atom. The number of ether oxygens (including phenoxy) is 4. The van der Waals surface area contributed by atoms with Gasteiger partial charge in [-0.2, -0.15) is 5.06 Å². The molecule has 0 unspecified atom stereocenters. The van der Waals surface area contributed by atoms with Crippen LogP contribution in [-0.2, 0) is 48.4 Å². The first kappa shape index (κ1) is 25.6. The molecule has 2 heterocycles. The number of hydroxylamine groups is 2. The lowest BCUT2D eigenvalue weighted by atomic mass is 10.0. The van der Waals surface area contributed by atoms with Gasteiger partial charge in [-0.25, -0.2) is 4.79 Å². The SMILES string of the molecule is COC(=O)[C@H]1C[C@H]2[C@H](OCc3ccccc3)[C@@H](OCc3ccccc3)[C@H](COCc3ccccc3)N2O1. The third kappa shape index (κ3) is 6.26. The summed E-state index contributed by atoms with van der Waals surface area (Å²) in [6.07, 6.45) is -0.844. The van der Waals surface area contributed by atoms with Crippen LogP contribution in [0.3, 0.4) is 0 Å². The van der Waals surface area contributed by atoms with Gasteiger partial charge in [0.25, 0.3) is 0 Å². The maximum absolute atomic E-state index is 12.4. The van der Waals surface area contributed by atoms with Gasteiger partial charge in [-0.3, -0.25) is 4.84 Å². The molecule has 37 heavy (non-hydrogen) atoms. The van der Waals surface area contributed by atoms with Crippen LogP contribution in [0.1, 0.15) is 23.1 Å². The molecule has 3 aromatic rings. The molecule has 2 aliphatic heterocycles. The van der Waals surface area contributed by atoms with Crippen molar-refractivity contribution in [3.8, 4) is 0 Å². The molecule has 2 saturated heterocycles. The quantitative estimate of drug-likeness (QED) is 0.362. The Kier molecular flexibility index (Phi) is 8.61. The average molecular weight is 504 g/mol. The lowest BCUT2D eigenvalue weighted by Crippen LogP contribution is -2.43. The molecule has 7 nitrogen and oxygen atoms in total. The Morgan fingerprint density at radius 1 is 0.784 bits per heavy atom. The minimum atomic E-state index is -0.676. The van der Waals surface area contributed by atoms with E-state index in [2.05, 4.69) is 0 Å². The normalized spacial score (nSPS) is 25.2. The van der Waals surface area contributed by atoms with E-state index in [1.807, 2.05) is 96.1 Å². The fraction of sp³-hybridized carbons (Fsp3) is 0.367. The number of nitrogens with zero attached hydrogens (tertiary/aromatic N) is 1. The maximum atomic E-state index is 12.4. The van der Waals surface area contributed by atoms with Crippen LogP contribution in [0, 0.1) is 0 Å². The topological polar surface area (TPSA) is 66.5 Å². The van der Waals surface area contributed by atoms with Gasteiger partial charge in [0.15, 0.2) is 6.10 Å². The molecule has 5 rings (SSSR count). The Hall–Kier alpha value is -3.07. The first-order valence-corrected chi connectivity index (χ1v) is 12.7. The first-order chi connectivity index (χ1) is 18.2. The van der Waals surface area contributed by atoms with Gasteiger partial charge in [0.1, 0.15) is 12.2 Å². The van der Waals surface area contributed by atoms with Crippen LogP contribution in [0.25, 0.3) is 0 Å². The average Bonchev–Trinajstić information content (AvgIpc) is 3.50. The summed E-state index contributed by atoms with van der Waals surface area (Å²) in [7, 11) is 1.38. The van der Waals surface area contributed by atoms with Crippen LogP contribution in [0.5, 0.6) is 0 Å². The van der Waals surface area contributed by atoms with Crippen molar-refractivity contribution < 1.29 is 28.6 Å². The van der Waals surface area contributed by atoms with E-state index in [0.717, 1.165) is 16.7 Å². The standard InChI is InChI=1S/C30H33NO6/c1-33-30(32)27-17-25-28(35-19-23-13-7-3-8-14-23)29(36-20-24-15-9-4-10-16-24)26(31(25)37-27)21-34-18-22-11-5-2-6-12-22/h2-16,25-29H,17-21H2,1H3/t25-,26-,27+,28-,29-/m0/s1. The molecule has 0 amide bonds. The van der Waals surface area contributed by atoms with Crippen molar-refractivity contribution in [1.82, 2.24) is 5.06 Å². The molecule has 0 saturated carbocycles. The van der Waals surface area contributed by atoms with Gasteiger partial charge in [-0.15, -0.1) is 0 Å². The van der Waals surface area contributed by atoms with Crippen LogP contribution < -0.4 is 0 Å². The zero-order valence-corrected chi connectivity index (χ0v) is 21.0. The van der Waals surface area contributed by atoms with Crippen molar-refractivity contribution in [2.75, 3.05) is 13.7 Å². The molecule has 0 aliphatic carbocycles. The summed E-state index contributed by atoms with van der Waals surface area (Å²) in [4.78, 5) is 18.5. The largest absolute Gasteiger partial charge is 0.467 e. The molecule has 194 valence electrons. The highest BCUT2D eigenvalue weighted by atomic mass is 16.7. The van der Waals surface area contributed by atoms with Crippen molar-refractivity contribution in [2.45, 2.75) is 56.6 Å². The van der Waals surface area contributed by atoms with E-state index in [0.29, 0.717) is 32.8 Å². The second-order valence-electron chi connectivity index (χ2n) is 9.37. The lowest BCUT2D eigenvalue weighted by molar-refractivity contribution is -0.207. The van der Waals surface area contributed by atoms with E-state index in [-0.39, 0.29) is 30.3 Å². The van der Waals surface area contributed by atoms with Gasteiger partial charge >= 0.3 is 5.97 Å². The Bertz CT molecular complexity index is 1110. The van der Waals surface area contributed by atoms with Crippen molar-refractivity contribution in [3.05, 3.63) is 108 Å². The predicted octanol–water partition coefficient (Wildman–Crippen LogP) is 4.30. The number of carbonyl (C=O) groups excluding carboxylic acids is 1. The lowest BCUT2D eigenvalue weighted by Gasteiger charge is -2.28. The second kappa shape index (κ2) is 12.4. The van der Waals surface area contributed by atoms with Gasteiger partial charge in [0, 0.05) is 6.42 Å². The van der Waals surface area contributed by atoms with Gasteiger partial charge in [-0.1, -0.05) is 91.0 Å².